The number of quaternary nitrogens is 1. The Labute approximate surface area is 114 Å². The van der Waals surface area contributed by atoms with E-state index in [1.165, 1.54) is 4.90 Å². The Hall–Kier alpha value is -1.55. The molecule has 0 radical (unpaired) electrons. The molecule has 0 saturated carbocycles. The van der Waals surface area contributed by atoms with Gasteiger partial charge in [0.25, 0.3) is 0 Å². The predicted molar refractivity (Wildman–Crippen MR) is 72.6 cm³/mol. The molecule has 1 saturated heterocycles. The van der Waals surface area contributed by atoms with Crippen LogP contribution in [0, 0.1) is 0 Å². The van der Waals surface area contributed by atoms with E-state index in [1.807, 2.05) is 0 Å². The van der Waals surface area contributed by atoms with Gasteiger partial charge in [0.1, 0.15) is 18.8 Å². The minimum atomic E-state index is -0.249. The summed E-state index contributed by atoms with van der Waals surface area (Å²) in [5.41, 5.74) is 0.799. The minimum Gasteiger partial charge on any atom is -0.497 e. The van der Waals surface area contributed by atoms with Gasteiger partial charge in [0, 0.05) is 0 Å². The molecule has 1 aromatic rings. The van der Waals surface area contributed by atoms with Crippen molar-refractivity contribution in [3.63, 3.8) is 0 Å². The van der Waals surface area contributed by atoms with E-state index in [1.54, 1.807) is 31.4 Å². The number of hydrogen-bond acceptors (Lipinski definition) is 3. The molecule has 1 aliphatic heterocycles. The molecule has 104 valence electrons. The molecule has 1 aromatic carbocycles. The number of esters is 1. The van der Waals surface area contributed by atoms with Crippen LogP contribution in [0.3, 0.4) is 0 Å². The van der Waals surface area contributed by atoms with Gasteiger partial charge in [0.15, 0.2) is 6.10 Å². The van der Waals surface area contributed by atoms with Crippen molar-refractivity contribution in [2.75, 3.05) is 20.2 Å². The van der Waals surface area contributed by atoms with Gasteiger partial charge in [-0.25, -0.2) is 4.79 Å². The Kier molecular flexibility index (Phi) is 3.80. The maximum Gasteiger partial charge on any atom is 0.338 e. The third kappa shape index (κ3) is 3.26. The van der Waals surface area contributed by atoms with E-state index < -0.39 is 0 Å². The van der Waals surface area contributed by atoms with Gasteiger partial charge in [0.05, 0.1) is 18.2 Å². The molecule has 4 nitrogen and oxygen atoms in total. The Morgan fingerprint density at radius 1 is 1.21 bits per heavy atom. The Balaban J connectivity index is 1.85. The lowest BCUT2D eigenvalue weighted by Gasteiger charge is -2.42. The number of ether oxygens (including phenoxy) is 2. The molecule has 0 aliphatic carbocycles. The summed E-state index contributed by atoms with van der Waals surface area (Å²) in [5.74, 6) is 0.490. The fourth-order valence-corrected chi connectivity index (χ4v) is 2.13. The fraction of sp³-hybridized carbons (Fsp3) is 0.533. The van der Waals surface area contributed by atoms with Crippen molar-refractivity contribution in [1.82, 2.24) is 0 Å². The summed E-state index contributed by atoms with van der Waals surface area (Å²) in [6, 6.07) is 7.00. The van der Waals surface area contributed by atoms with Gasteiger partial charge in [-0.3, -0.25) is 0 Å². The van der Waals surface area contributed by atoms with Crippen molar-refractivity contribution >= 4 is 5.97 Å². The number of carbonyl (C=O) groups excluding carboxylic acids is 1. The first-order chi connectivity index (χ1) is 8.90. The fourth-order valence-electron chi connectivity index (χ4n) is 2.13. The highest BCUT2D eigenvalue weighted by Crippen LogP contribution is 2.13. The molecular formula is C15H22NO3+. The average molecular weight is 264 g/mol. The highest BCUT2D eigenvalue weighted by molar-refractivity contribution is 5.89. The van der Waals surface area contributed by atoms with Gasteiger partial charge in [-0.1, -0.05) is 0 Å². The smallest absolute Gasteiger partial charge is 0.338 e. The number of rotatable bonds is 3. The van der Waals surface area contributed by atoms with Crippen LogP contribution in [0.25, 0.3) is 0 Å². The topological polar surface area (TPSA) is 40.0 Å². The number of nitrogens with one attached hydrogen (secondary N) is 1. The molecule has 0 amide bonds. The van der Waals surface area contributed by atoms with E-state index in [2.05, 4.69) is 20.8 Å². The molecule has 1 heterocycles. The van der Waals surface area contributed by atoms with E-state index in [9.17, 15) is 4.79 Å². The molecule has 0 unspecified atom stereocenters. The van der Waals surface area contributed by atoms with E-state index in [0.717, 1.165) is 18.8 Å². The summed E-state index contributed by atoms with van der Waals surface area (Å²) in [7, 11) is 1.60. The molecular weight excluding hydrogens is 242 g/mol. The second-order valence-electron chi connectivity index (χ2n) is 6.02. The third-order valence-electron chi connectivity index (χ3n) is 3.61. The zero-order chi connectivity index (χ0) is 14.0. The molecule has 1 N–H and O–H groups in total. The Bertz CT molecular complexity index is 441. The normalized spacial score (nSPS) is 22.5. The van der Waals surface area contributed by atoms with Crippen LogP contribution in [-0.2, 0) is 4.74 Å². The van der Waals surface area contributed by atoms with Gasteiger partial charge in [-0.2, -0.15) is 0 Å². The second-order valence-corrected chi connectivity index (χ2v) is 6.02. The third-order valence-corrected chi connectivity index (χ3v) is 3.61. The standard InChI is InChI=1S/C15H21NO3/c1-15(2,3)16-9-13(10-16)19-14(17)11-5-7-12(18-4)8-6-11/h5-8,13H,9-10H2,1-4H3/p+1. The van der Waals surface area contributed by atoms with Gasteiger partial charge in [-0.15, -0.1) is 0 Å². The van der Waals surface area contributed by atoms with Crippen LogP contribution in [0.15, 0.2) is 24.3 Å². The molecule has 19 heavy (non-hydrogen) atoms. The maximum absolute atomic E-state index is 11.9. The molecule has 4 heteroatoms. The van der Waals surface area contributed by atoms with E-state index >= 15 is 0 Å². The van der Waals surface area contributed by atoms with Crippen LogP contribution in [0.5, 0.6) is 5.75 Å². The number of hydrogen-bond donors (Lipinski definition) is 1. The van der Waals surface area contributed by atoms with Crippen molar-refractivity contribution < 1.29 is 19.2 Å². The first-order valence-electron chi connectivity index (χ1n) is 6.60. The SMILES string of the molecule is COc1ccc(C(=O)OC2C[NH+](C(C)(C)C)C2)cc1. The highest BCUT2D eigenvalue weighted by atomic mass is 16.5. The maximum atomic E-state index is 11.9. The number of likely N-dealkylation sites (tertiary alicyclic amines) is 1. The van der Waals surface area contributed by atoms with Crippen LogP contribution in [0.4, 0.5) is 0 Å². The van der Waals surface area contributed by atoms with E-state index in [-0.39, 0.29) is 17.6 Å². The summed E-state index contributed by atoms with van der Waals surface area (Å²) < 4.78 is 10.5. The number of benzene rings is 1. The molecule has 0 aromatic heterocycles. The largest absolute Gasteiger partial charge is 0.497 e. The van der Waals surface area contributed by atoms with E-state index in [0.29, 0.717) is 5.56 Å². The summed E-state index contributed by atoms with van der Waals surface area (Å²) >= 11 is 0. The van der Waals surface area contributed by atoms with Crippen molar-refractivity contribution in [2.24, 2.45) is 0 Å². The molecule has 2 rings (SSSR count). The van der Waals surface area contributed by atoms with Gasteiger partial charge in [0.2, 0.25) is 0 Å². The molecule has 1 fully saturated rings. The lowest BCUT2D eigenvalue weighted by molar-refractivity contribution is -0.990. The molecule has 0 spiro atoms. The van der Waals surface area contributed by atoms with Gasteiger partial charge >= 0.3 is 5.97 Å². The van der Waals surface area contributed by atoms with Gasteiger partial charge < -0.3 is 14.4 Å². The number of methoxy groups -OCH3 is 1. The van der Waals surface area contributed by atoms with Gasteiger partial charge in [-0.05, 0) is 45.0 Å². The first-order valence-corrected chi connectivity index (χ1v) is 6.60. The van der Waals surface area contributed by atoms with Crippen molar-refractivity contribution in [3.05, 3.63) is 29.8 Å². The van der Waals surface area contributed by atoms with Crippen LogP contribution < -0.4 is 9.64 Å². The monoisotopic (exact) mass is 264 g/mol. The van der Waals surface area contributed by atoms with Crippen LogP contribution in [0.2, 0.25) is 0 Å². The summed E-state index contributed by atoms with van der Waals surface area (Å²) in [6.45, 7) is 8.38. The quantitative estimate of drug-likeness (QED) is 0.825. The lowest BCUT2D eigenvalue weighted by atomic mass is 9.99. The number of carbonyl (C=O) groups is 1. The first kappa shape index (κ1) is 13.9. The Morgan fingerprint density at radius 3 is 2.26 bits per heavy atom. The van der Waals surface area contributed by atoms with Crippen molar-refractivity contribution in [1.29, 1.82) is 0 Å². The Morgan fingerprint density at radius 2 is 1.79 bits per heavy atom. The zero-order valence-electron chi connectivity index (χ0n) is 12.0. The average Bonchev–Trinajstić information content (AvgIpc) is 2.31. The molecule has 0 bridgehead atoms. The minimum absolute atomic E-state index is 0.0452. The van der Waals surface area contributed by atoms with E-state index in [4.69, 9.17) is 9.47 Å². The summed E-state index contributed by atoms with van der Waals surface area (Å²) in [5, 5.41) is 0. The van der Waals surface area contributed by atoms with Crippen molar-refractivity contribution in [2.45, 2.75) is 32.4 Å². The molecule has 0 atom stereocenters. The zero-order valence-corrected chi connectivity index (χ0v) is 12.0. The molecule has 1 aliphatic rings. The summed E-state index contributed by atoms with van der Waals surface area (Å²) in [6.07, 6.45) is 0.0452. The second kappa shape index (κ2) is 5.21. The van der Waals surface area contributed by atoms with Crippen LogP contribution >= 0.6 is 0 Å². The van der Waals surface area contributed by atoms with Crippen LogP contribution in [0.1, 0.15) is 31.1 Å². The van der Waals surface area contributed by atoms with Crippen LogP contribution in [-0.4, -0.2) is 37.8 Å². The predicted octanol–water partition coefficient (Wildman–Crippen LogP) is 0.918. The summed E-state index contributed by atoms with van der Waals surface area (Å²) in [4.78, 5) is 13.4. The van der Waals surface area contributed by atoms with Crippen molar-refractivity contribution in [3.8, 4) is 5.75 Å². The lowest BCUT2D eigenvalue weighted by Crippen LogP contribution is -3.27. The highest BCUT2D eigenvalue weighted by Gasteiger charge is 2.41.